The van der Waals surface area contributed by atoms with Crippen LogP contribution in [-0.2, 0) is 17.6 Å². The van der Waals surface area contributed by atoms with Gasteiger partial charge >= 0.3 is 5.97 Å². The first-order valence-corrected chi connectivity index (χ1v) is 7.03. The van der Waals surface area contributed by atoms with Crippen molar-refractivity contribution in [1.29, 1.82) is 0 Å². The van der Waals surface area contributed by atoms with Gasteiger partial charge in [0.25, 0.3) is 0 Å². The normalized spacial score (nSPS) is 11.2. The van der Waals surface area contributed by atoms with Crippen molar-refractivity contribution in [3.05, 3.63) is 65.7 Å². The Balaban J connectivity index is 0.000000224. The molecule has 5 heteroatoms. The SMILES string of the molecule is NCCc1ccc(O)cc1.N[C@@H](Cc1ccccc1)C(=O)O. The quantitative estimate of drug-likeness (QED) is 0.669. The van der Waals surface area contributed by atoms with Gasteiger partial charge in [-0.05, 0) is 42.6 Å². The minimum Gasteiger partial charge on any atom is -0.508 e. The zero-order valence-electron chi connectivity index (χ0n) is 12.4. The molecule has 1 atom stereocenters. The van der Waals surface area contributed by atoms with Crippen LogP contribution >= 0.6 is 0 Å². The Hall–Kier alpha value is -2.37. The van der Waals surface area contributed by atoms with Crippen LogP contribution in [0.15, 0.2) is 54.6 Å². The van der Waals surface area contributed by atoms with Crippen molar-refractivity contribution in [3.63, 3.8) is 0 Å². The van der Waals surface area contributed by atoms with Crippen LogP contribution < -0.4 is 11.5 Å². The number of rotatable bonds is 5. The van der Waals surface area contributed by atoms with Crippen LogP contribution in [0.25, 0.3) is 0 Å². The molecule has 0 saturated heterocycles. The van der Waals surface area contributed by atoms with Crippen molar-refractivity contribution in [2.45, 2.75) is 18.9 Å². The lowest BCUT2D eigenvalue weighted by atomic mass is 10.1. The third kappa shape index (κ3) is 6.88. The molecule has 2 aromatic rings. The van der Waals surface area contributed by atoms with Gasteiger partial charge in [-0.3, -0.25) is 4.79 Å². The van der Waals surface area contributed by atoms with E-state index in [1.165, 1.54) is 5.56 Å². The number of hydrogen-bond donors (Lipinski definition) is 4. The number of aromatic hydroxyl groups is 1. The Labute approximate surface area is 130 Å². The van der Waals surface area contributed by atoms with E-state index in [9.17, 15) is 4.79 Å². The summed E-state index contributed by atoms with van der Waals surface area (Å²) < 4.78 is 0. The Kier molecular flexibility index (Phi) is 7.67. The smallest absolute Gasteiger partial charge is 0.320 e. The maximum absolute atomic E-state index is 10.4. The lowest BCUT2D eigenvalue weighted by molar-refractivity contribution is -0.138. The molecule has 0 aromatic heterocycles. The summed E-state index contributed by atoms with van der Waals surface area (Å²) in [6.45, 7) is 0.658. The second-order valence-corrected chi connectivity index (χ2v) is 4.84. The molecule has 5 nitrogen and oxygen atoms in total. The van der Waals surface area contributed by atoms with Crippen molar-refractivity contribution in [2.75, 3.05) is 6.54 Å². The summed E-state index contributed by atoms with van der Waals surface area (Å²) in [6, 6.07) is 15.6. The van der Waals surface area contributed by atoms with Crippen molar-refractivity contribution in [3.8, 4) is 5.75 Å². The third-order valence-corrected chi connectivity index (χ3v) is 2.98. The van der Waals surface area contributed by atoms with E-state index in [2.05, 4.69) is 0 Å². The number of hydrogen-bond acceptors (Lipinski definition) is 4. The summed E-state index contributed by atoms with van der Waals surface area (Å²) >= 11 is 0. The third-order valence-electron chi connectivity index (χ3n) is 2.98. The molecule has 118 valence electrons. The van der Waals surface area contributed by atoms with Crippen LogP contribution in [0.4, 0.5) is 0 Å². The summed E-state index contributed by atoms with van der Waals surface area (Å²) in [5, 5.41) is 17.4. The minimum atomic E-state index is -0.959. The first-order valence-electron chi connectivity index (χ1n) is 7.03. The standard InChI is InChI=1S/C9H11NO2.C8H11NO/c10-8(9(11)12)6-7-4-2-1-3-5-7;9-6-5-7-1-3-8(10)4-2-7/h1-5,8H,6,10H2,(H,11,12);1-4,10H,5-6,9H2/t8-;/m0./s1. The fourth-order valence-electron chi connectivity index (χ4n) is 1.78. The zero-order valence-corrected chi connectivity index (χ0v) is 12.4. The van der Waals surface area contributed by atoms with Gasteiger partial charge in [-0.25, -0.2) is 0 Å². The van der Waals surface area contributed by atoms with Gasteiger partial charge < -0.3 is 21.7 Å². The van der Waals surface area contributed by atoms with Crippen LogP contribution in [0.1, 0.15) is 11.1 Å². The number of benzene rings is 2. The second kappa shape index (κ2) is 9.55. The van der Waals surface area contributed by atoms with E-state index >= 15 is 0 Å². The highest BCUT2D eigenvalue weighted by molar-refractivity contribution is 5.73. The molecule has 0 unspecified atom stereocenters. The molecular formula is C17H22N2O3. The predicted octanol–water partition coefficient (Wildman–Crippen LogP) is 1.53. The summed E-state index contributed by atoms with van der Waals surface area (Å²) in [5.74, 6) is -0.653. The number of aliphatic carboxylic acids is 1. The van der Waals surface area contributed by atoms with E-state index in [0.717, 1.165) is 12.0 Å². The largest absolute Gasteiger partial charge is 0.508 e. The zero-order chi connectivity index (χ0) is 16.4. The molecule has 0 aliphatic heterocycles. The average Bonchev–Trinajstić information content (AvgIpc) is 2.51. The van der Waals surface area contributed by atoms with Gasteiger partial charge in [0.1, 0.15) is 11.8 Å². The van der Waals surface area contributed by atoms with E-state index in [-0.39, 0.29) is 0 Å². The minimum absolute atomic E-state index is 0.306. The van der Waals surface area contributed by atoms with Crippen LogP contribution in [-0.4, -0.2) is 28.8 Å². The van der Waals surface area contributed by atoms with Crippen molar-refractivity contribution in [2.24, 2.45) is 11.5 Å². The highest BCUT2D eigenvalue weighted by Gasteiger charge is 2.10. The van der Waals surface area contributed by atoms with Crippen molar-refractivity contribution < 1.29 is 15.0 Å². The molecule has 0 spiro atoms. The van der Waals surface area contributed by atoms with Gasteiger partial charge in [0.2, 0.25) is 0 Å². The first kappa shape index (κ1) is 17.7. The van der Waals surface area contributed by atoms with Gasteiger partial charge in [0.15, 0.2) is 0 Å². The van der Waals surface area contributed by atoms with E-state index in [1.807, 2.05) is 42.5 Å². The summed E-state index contributed by atoms with van der Waals surface area (Å²) in [4.78, 5) is 10.4. The molecule has 0 amide bonds. The Morgan fingerprint density at radius 3 is 2.09 bits per heavy atom. The van der Waals surface area contributed by atoms with Crippen molar-refractivity contribution in [1.82, 2.24) is 0 Å². The first-order chi connectivity index (χ1) is 10.5. The van der Waals surface area contributed by atoms with Gasteiger partial charge in [-0.1, -0.05) is 42.5 Å². The van der Waals surface area contributed by atoms with E-state index in [0.29, 0.717) is 18.7 Å². The number of carboxylic acid groups (broad SMARTS) is 1. The molecule has 0 saturated carbocycles. The molecule has 0 bridgehead atoms. The van der Waals surface area contributed by atoms with Gasteiger partial charge in [-0.2, -0.15) is 0 Å². The highest BCUT2D eigenvalue weighted by Crippen LogP contribution is 2.09. The van der Waals surface area contributed by atoms with Gasteiger partial charge in [0, 0.05) is 0 Å². The molecule has 2 aromatic carbocycles. The van der Waals surface area contributed by atoms with Gasteiger partial charge in [0.05, 0.1) is 0 Å². The Bertz CT molecular complexity index is 556. The molecule has 0 heterocycles. The maximum atomic E-state index is 10.4. The lowest BCUT2D eigenvalue weighted by Gasteiger charge is -2.04. The van der Waals surface area contributed by atoms with Gasteiger partial charge in [-0.15, -0.1) is 0 Å². The fourth-order valence-corrected chi connectivity index (χ4v) is 1.78. The number of nitrogens with two attached hydrogens (primary N) is 2. The van der Waals surface area contributed by atoms with Crippen molar-refractivity contribution >= 4 is 5.97 Å². The summed E-state index contributed by atoms with van der Waals surface area (Å²) in [5.41, 5.74) is 12.8. The highest BCUT2D eigenvalue weighted by atomic mass is 16.4. The number of carboxylic acids is 1. The summed E-state index contributed by atoms with van der Waals surface area (Å²) in [6.07, 6.45) is 1.26. The van der Waals surface area contributed by atoms with E-state index in [4.69, 9.17) is 21.7 Å². The van der Waals surface area contributed by atoms with Crippen LogP contribution in [0.5, 0.6) is 5.75 Å². The monoisotopic (exact) mass is 302 g/mol. The molecule has 0 aliphatic carbocycles. The molecule has 2 rings (SSSR count). The topological polar surface area (TPSA) is 110 Å². The predicted molar refractivity (Wildman–Crippen MR) is 86.6 cm³/mol. The fraction of sp³-hybridized carbons (Fsp3) is 0.235. The van der Waals surface area contributed by atoms with Crippen LogP contribution in [0.2, 0.25) is 0 Å². The Morgan fingerprint density at radius 1 is 1.00 bits per heavy atom. The lowest BCUT2D eigenvalue weighted by Crippen LogP contribution is -2.32. The number of phenolic OH excluding ortho intramolecular Hbond substituents is 1. The van der Waals surface area contributed by atoms with Crippen LogP contribution in [0.3, 0.4) is 0 Å². The number of carbonyl (C=O) groups is 1. The molecular weight excluding hydrogens is 280 g/mol. The van der Waals surface area contributed by atoms with Crippen LogP contribution in [0, 0.1) is 0 Å². The molecule has 6 N–H and O–H groups in total. The Morgan fingerprint density at radius 2 is 1.59 bits per heavy atom. The molecule has 0 radical (unpaired) electrons. The van der Waals surface area contributed by atoms with E-state index < -0.39 is 12.0 Å². The van der Waals surface area contributed by atoms with E-state index in [1.54, 1.807) is 12.1 Å². The molecule has 0 fully saturated rings. The molecule has 22 heavy (non-hydrogen) atoms. The molecule has 0 aliphatic rings. The second-order valence-electron chi connectivity index (χ2n) is 4.84. The number of phenols is 1. The maximum Gasteiger partial charge on any atom is 0.320 e. The summed E-state index contributed by atoms with van der Waals surface area (Å²) in [7, 11) is 0. The average molecular weight is 302 g/mol.